The minimum absolute atomic E-state index is 0.375. The van der Waals surface area contributed by atoms with Crippen LogP contribution in [0.4, 0.5) is 0 Å². The van der Waals surface area contributed by atoms with E-state index in [1.54, 1.807) is 14.2 Å². The van der Waals surface area contributed by atoms with Gasteiger partial charge in [-0.25, -0.2) is 0 Å². The molecule has 3 rings (SSSR count). The maximum Gasteiger partial charge on any atom is 0.123 e. The second-order valence-electron chi connectivity index (χ2n) is 5.09. The van der Waals surface area contributed by atoms with Gasteiger partial charge in [-0.2, -0.15) is 0 Å². The molecule has 2 aliphatic rings. The van der Waals surface area contributed by atoms with Crippen molar-refractivity contribution < 1.29 is 9.47 Å². The van der Waals surface area contributed by atoms with Crippen molar-refractivity contribution in [2.24, 2.45) is 0 Å². The van der Waals surface area contributed by atoms with Gasteiger partial charge >= 0.3 is 0 Å². The fraction of sp³-hybridized carbons (Fsp3) is 0.375. The molecular weight excluding hydrogens is 224 g/mol. The van der Waals surface area contributed by atoms with Crippen LogP contribution in [-0.4, -0.2) is 14.2 Å². The monoisotopic (exact) mass is 242 g/mol. The maximum absolute atomic E-state index is 5.53. The van der Waals surface area contributed by atoms with E-state index in [1.807, 2.05) is 12.1 Å². The molecule has 0 aromatic heterocycles. The standard InChI is InChI=1S/C16H18O2/c1-9(2)14-10-5-6-11(14)16-13(18-4)8-7-12(17-3)15(10)16/h5-8,10-11H,1-4H3/t10-,11-/m1/s1. The Morgan fingerprint density at radius 3 is 1.67 bits per heavy atom. The van der Waals surface area contributed by atoms with E-state index in [9.17, 15) is 0 Å². The van der Waals surface area contributed by atoms with Crippen LogP contribution in [0.5, 0.6) is 11.5 Å². The number of ether oxygens (including phenoxy) is 2. The largest absolute Gasteiger partial charge is 0.496 e. The van der Waals surface area contributed by atoms with E-state index < -0.39 is 0 Å². The van der Waals surface area contributed by atoms with Gasteiger partial charge < -0.3 is 9.47 Å². The molecule has 0 N–H and O–H groups in total. The number of allylic oxidation sites excluding steroid dienone is 4. The van der Waals surface area contributed by atoms with Gasteiger partial charge in [0.2, 0.25) is 0 Å². The zero-order valence-electron chi connectivity index (χ0n) is 11.3. The Hall–Kier alpha value is -1.70. The molecule has 0 fully saturated rings. The molecule has 18 heavy (non-hydrogen) atoms. The summed E-state index contributed by atoms with van der Waals surface area (Å²) in [6.07, 6.45) is 4.58. The second kappa shape index (κ2) is 3.91. The minimum Gasteiger partial charge on any atom is -0.496 e. The second-order valence-corrected chi connectivity index (χ2v) is 5.09. The molecule has 1 aromatic carbocycles. The van der Waals surface area contributed by atoms with Crippen LogP contribution >= 0.6 is 0 Å². The first-order valence-electron chi connectivity index (χ1n) is 6.29. The Labute approximate surface area is 108 Å². The Morgan fingerprint density at radius 1 is 0.889 bits per heavy atom. The Bertz CT molecular complexity index is 520. The molecule has 94 valence electrons. The van der Waals surface area contributed by atoms with Crippen LogP contribution in [0, 0.1) is 0 Å². The molecule has 0 spiro atoms. The van der Waals surface area contributed by atoms with Gasteiger partial charge in [-0.1, -0.05) is 17.7 Å². The molecule has 2 nitrogen and oxygen atoms in total. The first-order valence-corrected chi connectivity index (χ1v) is 6.29. The van der Waals surface area contributed by atoms with E-state index in [0.29, 0.717) is 11.8 Å². The van der Waals surface area contributed by atoms with E-state index in [-0.39, 0.29) is 0 Å². The van der Waals surface area contributed by atoms with E-state index >= 15 is 0 Å². The zero-order chi connectivity index (χ0) is 12.9. The quantitative estimate of drug-likeness (QED) is 0.734. The van der Waals surface area contributed by atoms with Gasteiger partial charge in [0.05, 0.1) is 14.2 Å². The van der Waals surface area contributed by atoms with Gasteiger partial charge in [-0.05, 0) is 31.6 Å². The smallest absolute Gasteiger partial charge is 0.123 e. The SMILES string of the molecule is COc1ccc(OC)c2c1[C@@H]1C=C[C@@H]2C1=C(C)C. The number of hydrogen-bond acceptors (Lipinski definition) is 2. The number of fused-ring (bicyclic) bond motifs is 5. The highest BCUT2D eigenvalue weighted by atomic mass is 16.5. The molecule has 0 unspecified atom stereocenters. The van der Waals surface area contributed by atoms with Crippen molar-refractivity contribution in [1.29, 1.82) is 0 Å². The number of benzene rings is 1. The molecule has 2 heteroatoms. The van der Waals surface area contributed by atoms with Crippen LogP contribution in [0.25, 0.3) is 0 Å². The normalized spacial score (nSPS) is 23.2. The summed E-state index contributed by atoms with van der Waals surface area (Å²) >= 11 is 0. The van der Waals surface area contributed by atoms with Crippen molar-refractivity contribution in [2.75, 3.05) is 14.2 Å². The van der Waals surface area contributed by atoms with Crippen molar-refractivity contribution in [1.82, 2.24) is 0 Å². The zero-order valence-corrected chi connectivity index (χ0v) is 11.3. The number of methoxy groups -OCH3 is 2. The minimum atomic E-state index is 0.375. The van der Waals surface area contributed by atoms with Crippen LogP contribution in [-0.2, 0) is 0 Å². The van der Waals surface area contributed by atoms with Crippen molar-refractivity contribution in [3.05, 3.63) is 46.6 Å². The first kappa shape index (κ1) is 11.4. The van der Waals surface area contributed by atoms with Gasteiger partial charge in [0, 0.05) is 23.0 Å². The van der Waals surface area contributed by atoms with E-state index in [1.165, 1.54) is 22.3 Å². The fourth-order valence-corrected chi connectivity index (χ4v) is 3.34. The van der Waals surface area contributed by atoms with Gasteiger partial charge in [0.1, 0.15) is 11.5 Å². The van der Waals surface area contributed by atoms with E-state index in [2.05, 4.69) is 26.0 Å². The molecular formula is C16H18O2. The third-order valence-corrected chi connectivity index (χ3v) is 4.01. The highest BCUT2D eigenvalue weighted by Crippen LogP contribution is 2.58. The lowest BCUT2D eigenvalue weighted by atomic mass is 9.95. The summed E-state index contributed by atoms with van der Waals surface area (Å²) in [6, 6.07) is 4.02. The van der Waals surface area contributed by atoms with Crippen molar-refractivity contribution in [3.8, 4) is 11.5 Å². The highest BCUT2D eigenvalue weighted by molar-refractivity contribution is 5.68. The van der Waals surface area contributed by atoms with Crippen molar-refractivity contribution in [3.63, 3.8) is 0 Å². The molecule has 0 heterocycles. The average molecular weight is 242 g/mol. The van der Waals surface area contributed by atoms with Crippen molar-refractivity contribution >= 4 is 0 Å². The topological polar surface area (TPSA) is 18.5 Å². The molecule has 2 atom stereocenters. The first-order chi connectivity index (χ1) is 8.69. The lowest BCUT2D eigenvalue weighted by Crippen LogP contribution is -2.00. The van der Waals surface area contributed by atoms with Crippen molar-refractivity contribution in [2.45, 2.75) is 25.7 Å². The summed E-state index contributed by atoms with van der Waals surface area (Å²) < 4.78 is 11.1. The molecule has 0 amide bonds. The lowest BCUT2D eigenvalue weighted by molar-refractivity contribution is 0.396. The fourth-order valence-electron chi connectivity index (χ4n) is 3.34. The van der Waals surface area contributed by atoms with Crippen LogP contribution in [0.1, 0.15) is 36.8 Å². The summed E-state index contributed by atoms with van der Waals surface area (Å²) in [4.78, 5) is 0. The predicted octanol–water partition coefficient (Wildman–Crippen LogP) is 3.79. The number of rotatable bonds is 2. The summed E-state index contributed by atoms with van der Waals surface area (Å²) in [6.45, 7) is 4.38. The summed E-state index contributed by atoms with van der Waals surface area (Å²) in [5.41, 5.74) is 5.48. The molecule has 0 aliphatic heterocycles. The third-order valence-electron chi connectivity index (χ3n) is 4.01. The summed E-state index contributed by atoms with van der Waals surface area (Å²) in [5, 5.41) is 0. The van der Waals surface area contributed by atoms with Crippen LogP contribution in [0.3, 0.4) is 0 Å². The summed E-state index contributed by atoms with van der Waals surface area (Å²) in [5.74, 6) is 2.70. The Balaban J connectivity index is 2.28. The maximum atomic E-state index is 5.53. The average Bonchev–Trinajstić information content (AvgIpc) is 2.94. The molecule has 0 saturated heterocycles. The predicted molar refractivity (Wildman–Crippen MR) is 72.5 cm³/mol. The Morgan fingerprint density at radius 2 is 1.33 bits per heavy atom. The lowest BCUT2D eigenvalue weighted by Gasteiger charge is -2.17. The van der Waals surface area contributed by atoms with Gasteiger partial charge in [-0.15, -0.1) is 0 Å². The van der Waals surface area contributed by atoms with Gasteiger partial charge in [0.25, 0.3) is 0 Å². The van der Waals surface area contributed by atoms with Gasteiger partial charge in [0.15, 0.2) is 0 Å². The van der Waals surface area contributed by atoms with Crippen LogP contribution in [0.2, 0.25) is 0 Å². The summed E-state index contributed by atoms with van der Waals surface area (Å²) in [7, 11) is 3.47. The third kappa shape index (κ3) is 1.29. The molecule has 2 aliphatic carbocycles. The highest BCUT2D eigenvalue weighted by Gasteiger charge is 2.42. The van der Waals surface area contributed by atoms with E-state index in [0.717, 1.165) is 11.5 Å². The van der Waals surface area contributed by atoms with Gasteiger partial charge in [-0.3, -0.25) is 0 Å². The van der Waals surface area contributed by atoms with E-state index in [4.69, 9.17) is 9.47 Å². The van der Waals surface area contributed by atoms with Crippen LogP contribution < -0.4 is 9.47 Å². The molecule has 0 radical (unpaired) electrons. The molecule has 2 bridgehead atoms. The Kier molecular flexibility index (Phi) is 2.47. The molecule has 1 aromatic rings. The van der Waals surface area contributed by atoms with Crippen LogP contribution in [0.15, 0.2) is 35.4 Å². The molecule has 0 saturated carbocycles. The number of hydrogen-bond donors (Lipinski definition) is 0.